The summed E-state index contributed by atoms with van der Waals surface area (Å²) in [4.78, 5) is 15.0. The van der Waals surface area contributed by atoms with Gasteiger partial charge in [0.05, 0.1) is 11.9 Å². The van der Waals surface area contributed by atoms with Crippen LogP contribution in [-0.2, 0) is 11.8 Å². The maximum absolute atomic E-state index is 12.0. The molecule has 0 aromatic carbocycles. The van der Waals surface area contributed by atoms with E-state index >= 15 is 0 Å². The van der Waals surface area contributed by atoms with Gasteiger partial charge in [0.2, 0.25) is 5.91 Å². The molecular formula is C11H18N4OS. The van der Waals surface area contributed by atoms with Crippen LogP contribution in [0.2, 0.25) is 0 Å². The molecule has 0 radical (unpaired) electrons. The van der Waals surface area contributed by atoms with Gasteiger partial charge in [0.25, 0.3) is 0 Å². The molecule has 1 aliphatic heterocycles. The number of aryl methyl sites for hydroxylation is 1. The SMILES string of the molecule is Cn1cc(SCC(=O)N2CCCNCC2)cn1. The monoisotopic (exact) mass is 254 g/mol. The fourth-order valence-corrected chi connectivity index (χ4v) is 2.63. The maximum Gasteiger partial charge on any atom is 0.232 e. The van der Waals surface area contributed by atoms with Crippen LogP contribution in [0.5, 0.6) is 0 Å². The minimum Gasteiger partial charge on any atom is -0.341 e. The molecular weight excluding hydrogens is 236 g/mol. The predicted octanol–water partition coefficient (Wildman–Crippen LogP) is 0.334. The van der Waals surface area contributed by atoms with Crippen LogP contribution in [0, 0.1) is 0 Å². The van der Waals surface area contributed by atoms with E-state index in [2.05, 4.69) is 10.4 Å². The van der Waals surface area contributed by atoms with E-state index < -0.39 is 0 Å². The van der Waals surface area contributed by atoms with Crippen molar-refractivity contribution in [1.29, 1.82) is 0 Å². The standard InChI is InChI=1S/C11H18N4OS/c1-14-8-10(7-13-14)17-9-11(16)15-5-2-3-12-4-6-15/h7-8,12H,2-6,9H2,1H3. The molecule has 0 atom stereocenters. The first-order valence-corrected chi connectivity index (χ1v) is 6.84. The van der Waals surface area contributed by atoms with Gasteiger partial charge in [-0.3, -0.25) is 9.48 Å². The second kappa shape index (κ2) is 6.07. The Morgan fingerprint density at radius 1 is 1.53 bits per heavy atom. The molecule has 1 fully saturated rings. The molecule has 0 saturated carbocycles. The lowest BCUT2D eigenvalue weighted by atomic mass is 10.4. The largest absolute Gasteiger partial charge is 0.341 e. The number of nitrogens with zero attached hydrogens (tertiary/aromatic N) is 3. The van der Waals surface area contributed by atoms with Gasteiger partial charge < -0.3 is 10.2 Å². The fourth-order valence-electron chi connectivity index (χ4n) is 1.80. The summed E-state index contributed by atoms with van der Waals surface area (Å²) in [6, 6.07) is 0. The van der Waals surface area contributed by atoms with E-state index in [0.717, 1.165) is 37.5 Å². The number of nitrogens with one attached hydrogen (secondary N) is 1. The van der Waals surface area contributed by atoms with E-state index in [9.17, 15) is 4.79 Å². The number of carbonyl (C=O) groups is 1. The van der Waals surface area contributed by atoms with Crippen LogP contribution in [0.3, 0.4) is 0 Å². The van der Waals surface area contributed by atoms with Crippen molar-refractivity contribution in [2.24, 2.45) is 7.05 Å². The highest BCUT2D eigenvalue weighted by Crippen LogP contribution is 2.16. The summed E-state index contributed by atoms with van der Waals surface area (Å²) in [5.74, 6) is 0.730. The third kappa shape index (κ3) is 3.74. The maximum atomic E-state index is 12.0. The average Bonchev–Trinajstić information content (AvgIpc) is 2.58. The zero-order chi connectivity index (χ0) is 12.1. The van der Waals surface area contributed by atoms with E-state index in [1.807, 2.05) is 18.1 Å². The van der Waals surface area contributed by atoms with Crippen LogP contribution in [-0.4, -0.2) is 52.5 Å². The Hall–Kier alpha value is -1.01. The smallest absolute Gasteiger partial charge is 0.232 e. The van der Waals surface area contributed by atoms with Gasteiger partial charge >= 0.3 is 0 Å². The minimum absolute atomic E-state index is 0.225. The highest BCUT2D eigenvalue weighted by atomic mass is 32.2. The summed E-state index contributed by atoms with van der Waals surface area (Å²) in [6.07, 6.45) is 4.77. The van der Waals surface area contributed by atoms with Crippen molar-refractivity contribution in [2.45, 2.75) is 11.3 Å². The van der Waals surface area contributed by atoms with Crippen LogP contribution in [0.15, 0.2) is 17.3 Å². The number of carbonyl (C=O) groups excluding carboxylic acids is 1. The zero-order valence-electron chi connectivity index (χ0n) is 10.1. The number of hydrogen-bond donors (Lipinski definition) is 1. The zero-order valence-corrected chi connectivity index (χ0v) is 10.9. The number of thioether (sulfide) groups is 1. The molecule has 6 heteroatoms. The van der Waals surface area contributed by atoms with Crippen molar-refractivity contribution in [3.05, 3.63) is 12.4 Å². The molecule has 1 aliphatic rings. The lowest BCUT2D eigenvalue weighted by molar-refractivity contribution is -0.128. The molecule has 0 bridgehead atoms. The summed E-state index contributed by atoms with van der Waals surface area (Å²) >= 11 is 1.55. The summed E-state index contributed by atoms with van der Waals surface area (Å²) in [5.41, 5.74) is 0. The summed E-state index contributed by atoms with van der Waals surface area (Å²) < 4.78 is 1.75. The number of hydrogen-bond acceptors (Lipinski definition) is 4. The molecule has 0 aliphatic carbocycles. The van der Waals surface area contributed by atoms with Gasteiger partial charge in [0.15, 0.2) is 0 Å². The summed E-state index contributed by atoms with van der Waals surface area (Å²) in [5, 5.41) is 7.38. The van der Waals surface area contributed by atoms with Crippen molar-refractivity contribution in [1.82, 2.24) is 20.0 Å². The van der Waals surface area contributed by atoms with E-state index in [1.54, 1.807) is 22.6 Å². The highest BCUT2D eigenvalue weighted by Gasteiger charge is 2.15. The molecule has 1 aromatic heterocycles. The highest BCUT2D eigenvalue weighted by molar-refractivity contribution is 8.00. The van der Waals surface area contributed by atoms with Gasteiger partial charge in [-0.05, 0) is 13.0 Å². The Morgan fingerprint density at radius 3 is 3.18 bits per heavy atom. The topological polar surface area (TPSA) is 50.2 Å². The lowest BCUT2D eigenvalue weighted by Crippen LogP contribution is -2.35. The predicted molar refractivity (Wildman–Crippen MR) is 68.0 cm³/mol. The summed E-state index contributed by atoms with van der Waals surface area (Å²) in [6.45, 7) is 3.62. The van der Waals surface area contributed by atoms with Crippen LogP contribution in [0.25, 0.3) is 0 Å². The van der Waals surface area contributed by atoms with Crippen molar-refractivity contribution in [2.75, 3.05) is 31.9 Å². The lowest BCUT2D eigenvalue weighted by Gasteiger charge is -2.19. The number of aromatic nitrogens is 2. The van der Waals surface area contributed by atoms with Crippen molar-refractivity contribution >= 4 is 17.7 Å². The van der Waals surface area contributed by atoms with E-state index in [1.165, 1.54) is 0 Å². The molecule has 2 heterocycles. The molecule has 17 heavy (non-hydrogen) atoms. The van der Waals surface area contributed by atoms with Crippen LogP contribution in [0.4, 0.5) is 0 Å². The van der Waals surface area contributed by atoms with Gasteiger partial charge in [-0.2, -0.15) is 5.10 Å². The van der Waals surface area contributed by atoms with E-state index in [-0.39, 0.29) is 5.91 Å². The Balaban J connectivity index is 1.79. The molecule has 1 saturated heterocycles. The first-order valence-electron chi connectivity index (χ1n) is 5.85. The van der Waals surface area contributed by atoms with Crippen LogP contribution in [0.1, 0.15) is 6.42 Å². The molecule has 5 nitrogen and oxygen atoms in total. The Labute approximate surface area is 106 Å². The third-order valence-corrected chi connectivity index (χ3v) is 3.67. The van der Waals surface area contributed by atoms with Gasteiger partial charge in [-0.25, -0.2) is 0 Å². The number of amides is 1. The Kier molecular flexibility index (Phi) is 4.44. The van der Waals surface area contributed by atoms with Crippen LogP contribution < -0.4 is 5.32 Å². The third-order valence-electron chi connectivity index (χ3n) is 2.74. The first kappa shape index (κ1) is 12.4. The molecule has 1 N–H and O–H groups in total. The minimum atomic E-state index is 0.225. The van der Waals surface area contributed by atoms with Crippen molar-refractivity contribution < 1.29 is 4.79 Å². The Bertz CT molecular complexity index is 371. The molecule has 2 rings (SSSR count). The number of rotatable bonds is 3. The first-order chi connectivity index (χ1) is 8.25. The second-order valence-corrected chi connectivity index (χ2v) is 5.17. The molecule has 0 spiro atoms. The van der Waals surface area contributed by atoms with Crippen LogP contribution >= 0.6 is 11.8 Å². The average molecular weight is 254 g/mol. The van der Waals surface area contributed by atoms with E-state index in [0.29, 0.717) is 5.75 Å². The Morgan fingerprint density at radius 2 is 2.41 bits per heavy atom. The van der Waals surface area contributed by atoms with Crippen molar-refractivity contribution in [3.63, 3.8) is 0 Å². The second-order valence-electron chi connectivity index (χ2n) is 4.12. The summed E-state index contributed by atoms with van der Waals surface area (Å²) in [7, 11) is 1.88. The molecule has 0 unspecified atom stereocenters. The van der Waals surface area contributed by atoms with Gasteiger partial charge in [0.1, 0.15) is 0 Å². The quantitative estimate of drug-likeness (QED) is 0.790. The molecule has 94 valence electrons. The normalized spacial score (nSPS) is 16.9. The fraction of sp³-hybridized carbons (Fsp3) is 0.636. The van der Waals surface area contributed by atoms with Gasteiger partial charge in [-0.15, -0.1) is 11.8 Å². The molecule has 1 amide bonds. The van der Waals surface area contributed by atoms with Crippen molar-refractivity contribution in [3.8, 4) is 0 Å². The van der Waals surface area contributed by atoms with Gasteiger partial charge in [-0.1, -0.05) is 0 Å². The van der Waals surface area contributed by atoms with Gasteiger partial charge in [0, 0.05) is 37.8 Å². The van der Waals surface area contributed by atoms with E-state index in [4.69, 9.17) is 0 Å². The molecule has 1 aromatic rings.